The fourth-order valence-electron chi connectivity index (χ4n) is 1.73. The maximum atomic E-state index is 11.9. The molecule has 4 heteroatoms. The Morgan fingerprint density at radius 1 is 1.71 bits per heavy atom. The Balaban J connectivity index is 2.42. The monoisotopic (exact) mass is 216 g/mol. The molecule has 1 rings (SSSR count). The molecule has 0 saturated carbocycles. The van der Waals surface area contributed by atoms with E-state index in [9.17, 15) is 4.79 Å². The van der Waals surface area contributed by atoms with Gasteiger partial charge in [-0.05, 0) is 25.1 Å². The number of nitrogens with two attached hydrogens (primary N) is 1. The van der Waals surface area contributed by atoms with Crippen molar-refractivity contribution in [3.8, 4) is 0 Å². The van der Waals surface area contributed by atoms with E-state index in [-0.39, 0.29) is 11.8 Å². The standard InChI is InChI=1S/C10H20N2OS/c1-8(3-5-11)10(13)12(2)9-4-6-14-7-9/h8-9H,3-7,11H2,1-2H3. The molecule has 0 radical (unpaired) electrons. The Bertz CT molecular complexity index is 193. The van der Waals surface area contributed by atoms with Crippen LogP contribution in [0.2, 0.25) is 0 Å². The SMILES string of the molecule is CC(CCN)C(=O)N(C)C1CCSC1. The fraction of sp³-hybridized carbons (Fsp3) is 0.900. The second-order valence-electron chi connectivity index (χ2n) is 3.94. The van der Waals surface area contributed by atoms with Crippen molar-refractivity contribution < 1.29 is 4.79 Å². The van der Waals surface area contributed by atoms with Crippen LogP contribution in [0.1, 0.15) is 19.8 Å². The van der Waals surface area contributed by atoms with Gasteiger partial charge in [0.25, 0.3) is 0 Å². The van der Waals surface area contributed by atoms with Crippen LogP contribution in [0.4, 0.5) is 0 Å². The zero-order valence-electron chi connectivity index (χ0n) is 9.03. The molecule has 3 nitrogen and oxygen atoms in total. The lowest BCUT2D eigenvalue weighted by molar-refractivity contribution is -0.135. The molecule has 1 saturated heterocycles. The van der Waals surface area contributed by atoms with E-state index < -0.39 is 0 Å². The number of rotatable bonds is 4. The molecule has 1 aliphatic rings. The minimum atomic E-state index is 0.0793. The zero-order valence-corrected chi connectivity index (χ0v) is 9.85. The van der Waals surface area contributed by atoms with Crippen LogP contribution in [-0.2, 0) is 4.79 Å². The maximum Gasteiger partial charge on any atom is 0.225 e. The van der Waals surface area contributed by atoms with Crippen LogP contribution in [0, 0.1) is 5.92 Å². The molecule has 1 heterocycles. The van der Waals surface area contributed by atoms with E-state index in [0.717, 1.165) is 18.6 Å². The van der Waals surface area contributed by atoms with Gasteiger partial charge < -0.3 is 10.6 Å². The molecule has 0 aliphatic carbocycles. The third-order valence-corrected chi connectivity index (χ3v) is 3.97. The largest absolute Gasteiger partial charge is 0.342 e. The van der Waals surface area contributed by atoms with Gasteiger partial charge in [-0.3, -0.25) is 4.79 Å². The fourth-order valence-corrected chi connectivity index (χ4v) is 3.00. The summed E-state index contributed by atoms with van der Waals surface area (Å²) in [5.74, 6) is 2.61. The normalized spacial score (nSPS) is 23.5. The van der Waals surface area contributed by atoms with Gasteiger partial charge in [-0.2, -0.15) is 11.8 Å². The van der Waals surface area contributed by atoms with E-state index in [0.29, 0.717) is 12.6 Å². The number of hydrogen-bond acceptors (Lipinski definition) is 3. The van der Waals surface area contributed by atoms with Crippen LogP contribution in [0.3, 0.4) is 0 Å². The Labute approximate surface area is 90.4 Å². The van der Waals surface area contributed by atoms with Crippen molar-refractivity contribution in [2.75, 3.05) is 25.1 Å². The molecule has 1 fully saturated rings. The maximum absolute atomic E-state index is 11.9. The number of hydrogen-bond donors (Lipinski definition) is 1. The van der Waals surface area contributed by atoms with Gasteiger partial charge in [0, 0.05) is 24.8 Å². The molecule has 0 spiro atoms. The lowest BCUT2D eigenvalue weighted by atomic mass is 10.1. The van der Waals surface area contributed by atoms with E-state index in [1.54, 1.807) is 0 Å². The molecule has 0 bridgehead atoms. The molecule has 0 aromatic heterocycles. The molecular formula is C10H20N2OS. The van der Waals surface area contributed by atoms with Gasteiger partial charge in [0.1, 0.15) is 0 Å². The Hall–Kier alpha value is -0.220. The molecule has 2 N–H and O–H groups in total. The predicted octanol–water partition coefficient (Wildman–Crippen LogP) is 0.935. The van der Waals surface area contributed by atoms with Crippen LogP contribution in [0.5, 0.6) is 0 Å². The van der Waals surface area contributed by atoms with E-state index in [1.165, 1.54) is 5.75 Å². The zero-order chi connectivity index (χ0) is 10.6. The second-order valence-corrected chi connectivity index (χ2v) is 5.09. The third-order valence-electron chi connectivity index (χ3n) is 2.82. The van der Waals surface area contributed by atoms with Crippen molar-refractivity contribution >= 4 is 17.7 Å². The molecule has 2 atom stereocenters. The highest BCUT2D eigenvalue weighted by atomic mass is 32.2. The van der Waals surface area contributed by atoms with E-state index in [4.69, 9.17) is 5.73 Å². The number of carbonyl (C=O) groups is 1. The van der Waals surface area contributed by atoms with Gasteiger partial charge in [-0.15, -0.1) is 0 Å². The van der Waals surface area contributed by atoms with Crippen LogP contribution in [-0.4, -0.2) is 41.9 Å². The van der Waals surface area contributed by atoms with Gasteiger partial charge in [-0.25, -0.2) is 0 Å². The first-order valence-corrected chi connectivity index (χ1v) is 6.36. The van der Waals surface area contributed by atoms with Crippen molar-refractivity contribution in [2.24, 2.45) is 11.7 Å². The summed E-state index contributed by atoms with van der Waals surface area (Å²) >= 11 is 1.93. The Kier molecular flexibility index (Phi) is 4.75. The van der Waals surface area contributed by atoms with E-state index in [1.807, 2.05) is 30.6 Å². The highest BCUT2D eigenvalue weighted by Gasteiger charge is 2.26. The summed E-state index contributed by atoms with van der Waals surface area (Å²) in [5.41, 5.74) is 5.45. The van der Waals surface area contributed by atoms with Crippen LogP contribution in [0.15, 0.2) is 0 Å². The Morgan fingerprint density at radius 3 is 2.93 bits per heavy atom. The molecule has 1 amide bonds. The third kappa shape index (κ3) is 2.89. The second kappa shape index (κ2) is 5.61. The molecule has 14 heavy (non-hydrogen) atoms. The predicted molar refractivity (Wildman–Crippen MR) is 61.3 cm³/mol. The summed E-state index contributed by atoms with van der Waals surface area (Å²) in [7, 11) is 1.92. The summed E-state index contributed by atoms with van der Waals surface area (Å²) in [6.07, 6.45) is 1.94. The van der Waals surface area contributed by atoms with Gasteiger partial charge in [0.05, 0.1) is 0 Å². The van der Waals surface area contributed by atoms with Crippen molar-refractivity contribution in [3.05, 3.63) is 0 Å². The van der Waals surface area contributed by atoms with Crippen molar-refractivity contribution in [2.45, 2.75) is 25.8 Å². The first-order valence-electron chi connectivity index (χ1n) is 5.21. The molecule has 2 unspecified atom stereocenters. The van der Waals surface area contributed by atoms with Crippen LogP contribution >= 0.6 is 11.8 Å². The lowest BCUT2D eigenvalue weighted by Crippen LogP contribution is -2.40. The minimum Gasteiger partial charge on any atom is -0.342 e. The van der Waals surface area contributed by atoms with E-state index >= 15 is 0 Å². The molecule has 1 aliphatic heterocycles. The van der Waals surface area contributed by atoms with Crippen molar-refractivity contribution in [1.29, 1.82) is 0 Å². The molecule has 82 valence electrons. The summed E-state index contributed by atoms with van der Waals surface area (Å²) in [4.78, 5) is 13.8. The number of nitrogens with zero attached hydrogens (tertiary/aromatic N) is 1. The highest BCUT2D eigenvalue weighted by Crippen LogP contribution is 2.22. The van der Waals surface area contributed by atoms with Gasteiger partial charge in [0.15, 0.2) is 0 Å². The first-order chi connectivity index (χ1) is 6.66. The lowest BCUT2D eigenvalue weighted by Gasteiger charge is -2.26. The first kappa shape index (κ1) is 11.9. The number of carbonyl (C=O) groups excluding carboxylic acids is 1. The average Bonchev–Trinajstić information content (AvgIpc) is 2.68. The van der Waals surface area contributed by atoms with E-state index in [2.05, 4.69) is 0 Å². The topological polar surface area (TPSA) is 46.3 Å². The number of thioether (sulfide) groups is 1. The highest BCUT2D eigenvalue weighted by molar-refractivity contribution is 7.99. The summed E-state index contributed by atoms with van der Waals surface area (Å²) in [5, 5.41) is 0. The summed E-state index contributed by atoms with van der Waals surface area (Å²) in [6, 6.07) is 0.452. The summed E-state index contributed by atoms with van der Waals surface area (Å²) < 4.78 is 0. The smallest absolute Gasteiger partial charge is 0.225 e. The van der Waals surface area contributed by atoms with Crippen molar-refractivity contribution in [3.63, 3.8) is 0 Å². The average molecular weight is 216 g/mol. The summed E-state index contributed by atoms with van der Waals surface area (Å²) in [6.45, 7) is 2.56. The van der Waals surface area contributed by atoms with Crippen LogP contribution in [0.25, 0.3) is 0 Å². The van der Waals surface area contributed by atoms with Crippen LogP contribution < -0.4 is 5.73 Å². The quantitative estimate of drug-likeness (QED) is 0.760. The van der Waals surface area contributed by atoms with Crippen molar-refractivity contribution in [1.82, 2.24) is 4.90 Å². The molecule has 0 aromatic carbocycles. The van der Waals surface area contributed by atoms with Gasteiger partial charge in [0.2, 0.25) is 5.91 Å². The van der Waals surface area contributed by atoms with Gasteiger partial charge in [-0.1, -0.05) is 6.92 Å². The molecular weight excluding hydrogens is 196 g/mol. The number of amides is 1. The minimum absolute atomic E-state index is 0.0793. The van der Waals surface area contributed by atoms with Gasteiger partial charge >= 0.3 is 0 Å². The Morgan fingerprint density at radius 2 is 2.43 bits per heavy atom. The molecule has 0 aromatic rings.